The molecule has 0 bridgehead atoms. The quantitative estimate of drug-likeness (QED) is 0.781. The molecule has 3 heteroatoms. The summed E-state index contributed by atoms with van der Waals surface area (Å²) >= 11 is 1.70. The van der Waals surface area contributed by atoms with Crippen molar-refractivity contribution in [2.45, 2.75) is 33.2 Å². The van der Waals surface area contributed by atoms with E-state index in [0.29, 0.717) is 0 Å². The molecule has 1 aromatic heterocycles. The molecule has 1 saturated heterocycles. The average Bonchev–Trinajstić information content (AvgIpc) is 2.77. The Bertz CT molecular complexity index is 282. The minimum Gasteiger partial charge on any atom is -0.297 e. The summed E-state index contributed by atoms with van der Waals surface area (Å²) in [6, 6.07) is 0. The van der Waals surface area contributed by atoms with Gasteiger partial charge in [-0.15, -0.1) is 11.3 Å². The van der Waals surface area contributed by atoms with Crippen LogP contribution in [0.4, 0.5) is 0 Å². The van der Waals surface area contributed by atoms with Crippen LogP contribution in [0.3, 0.4) is 0 Å². The van der Waals surface area contributed by atoms with Gasteiger partial charge in [-0.1, -0.05) is 13.8 Å². The number of aromatic nitrogens is 1. The molecule has 84 valence electrons. The fraction of sp³-hybridized carbons (Fsp3) is 0.750. The molecule has 1 aliphatic rings. The van der Waals surface area contributed by atoms with Crippen LogP contribution in [0, 0.1) is 11.8 Å². The van der Waals surface area contributed by atoms with E-state index in [2.05, 4.69) is 29.1 Å². The molecule has 0 aromatic carbocycles. The standard InChI is InChI=1S/C12H20N2S/c1-10(2)5-11-3-4-14(6-11)7-12-8-15-9-13-12/h8-11H,3-7H2,1-2H3/t11-/m0/s1. The van der Waals surface area contributed by atoms with Crippen LogP contribution in [-0.2, 0) is 6.54 Å². The normalized spacial score (nSPS) is 22.7. The van der Waals surface area contributed by atoms with Crippen molar-refractivity contribution in [2.24, 2.45) is 11.8 Å². The number of nitrogens with zero attached hydrogens (tertiary/aromatic N) is 2. The Morgan fingerprint density at radius 3 is 3.13 bits per heavy atom. The van der Waals surface area contributed by atoms with Gasteiger partial charge in [-0.05, 0) is 31.2 Å². The molecule has 15 heavy (non-hydrogen) atoms. The molecule has 0 saturated carbocycles. The van der Waals surface area contributed by atoms with Gasteiger partial charge in [0.25, 0.3) is 0 Å². The summed E-state index contributed by atoms with van der Waals surface area (Å²) in [5.74, 6) is 1.76. The molecule has 0 spiro atoms. The van der Waals surface area contributed by atoms with Gasteiger partial charge < -0.3 is 0 Å². The van der Waals surface area contributed by atoms with Gasteiger partial charge in [0.05, 0.1) is 11.2 Å². The van der Waals surface area contributed by atoms with E-state index in [1.54, 1.807) is 11.3 Å². The van der Waals surface area contributed by atoms with Crippen molar-refractivity contribution in [1.82, 2.24) is 9.88 Å². The number of hydrogen-bond acceptors (Lipinski definition) is 3. The maximum atomic E-state index is 4.34. The molecule has 0 unspecified atom stereocenters. The molecular weight excluding hydrogens is 204 g/mol. The number of hydrogen-bond donors (Lipinski definition) is 0. The Hall–Kier alpha value is -0.410. The Morgan fingerprint density at radius 1 is 1.60 bits per heavy atom. The Morgan fingerprint density at radius 2 is 2.47 bits per heavy atom. The van der Waals surface area contributed by atoms with Crippen molar-refractivity contribution in [3.63, 3.8) is 0 Å². The fourth-order valence-electron chi connectivity index (χ4n) is 2.46. The van der Waals surface area contributed by atoms with E-state index in [9.17, 15) is 0 Å². The molecule has 1 fully saturated rings. The summed E-state index contributed by atoms with van der Waals surface area (Å²) in [6.07, 6.45) is 2.76. The largest absolute Gasteiger partial charge is 0.297 e. The van der Waals surface area contributed by atoms with Crippen LogP contribution < -0.4 is 0 Å². The molecule has 2 heterocycles. The van der Waals surface area contributed by atoms with Gasteiger partial charge in [0.2, 0.25) is 0 Å². The van der Waals surface area contributed by atoms with E-state index in [4.69, 9.17) is 0 Å². The summed E-state index contributed by atoms with van der Waals surface area (Å²) in [5.41, 5.74) is 3.17. The van der Waals surface area contributed by atoms with Crippen molar-refractivity contribution in [2.75, 3.05) is 13.1 Å². The minimum absolute atomic E-state index is 0.842. The fourth-order valence-corrected chi connectivity index (χ4v) is 3.01. The summed E-state index contributed by atoms with van der Waals surface area (Å²) in [6.45, 7) is 8.23. The van der Waals surface area contributed by atoms with Crippen LogP contribution in [0.25, 0.3) is 0 Å². The lowest BCUT2D eigenvalue weighted by molar-refractivity contribution is 0.303. The summed E-state index contributed by atoms with van der Waals surface area (Å²) in [4.78, 5) is 6.89. The lowest BCUT2D eigenvalue weighted by Crippen LogP contribution is -2.20. The lowest BCUT2D eigenvalue weighted by Gasteiger charge is -2.15. The molecule has 0 aliphatic carbocycles. The molecule has 1 aromatic rings. The highest BCUT2D eigenvalue weighted by molar-refractivity contribution is 7.07. The molecule has 0 N–H and O–H groups in total. The van der Waals surface area contributed by atoms with Crippen LogP contribution in [0.5, 0.6) is 0 Å². The van der Waals surface area contributed by atoms with Gasteiger partial charge in [-0.25, -0.2) is 4.98 Å². The first-order valence-corrected chi connectivity index (χ1v) is 6.77. The zero-order valence-corrected chi connectivity index (χ0v) is 10.5. The topological polar surface area (TPSA) is 16.1 Å². The Labute approximate surface area is 96.3 Å². The second-order valence-corrected chi connectivity index (χ2v) is 5.72. The van der Waals surface area contributed by atoms with Crippen LogP contribution in [-0.4, -0.2) is 23.0 Å². The van der Waals surface area contributed by atoms with Gasteiger partial charge in [-0.2, -0.15) is 0 Å². The first-order valence-electron chi connectivity index (χ1n) is 5.83. The molecule has 1 aliphatic heterocycles. The van der Waals surface area contributed by atoms with Crippen LogP contribution >= 0.6 is 11.3 Å². The van der Waals surface area contributed by atoms with Gasteiger partial charge in [-0.3, -0.25) is 4.90 Å². The Kier molecular flexibility index (Phi) is 3.76. The highest BCUT2D eigenvalue weighted by Crippen LogP contribution is 2.24. The predicted octanol–water partition coefficient (Wildman–Crippen LogP) is 3.01. The molecule has 2 rings (SSSR count). The first-order chi connectivity index (χ1) is 7.24. The number of thiazole rings is 1. The summed E-state index contributed by atoms with van der Waals surface area (Å²) < 4.78 is 0. The monoisotopic (exact) mass is 224 g/mol. The van der Waals surface area contributed by atoms with Crippen LogP contribution in [0.15, 0.2) is 10.9 Å². The third-order valence-electron chi connectivity index (χ3n) is 3.04. The van der Waals surface area contributed by atoms with Gasteiger partial charge in [0.1, 0.15) is 0 Å². The van der Waals surface area contributed by atoms with Crippen LogP contribution in [0.2, 0.25) is 0 Å². The van der Waals surface area contributed by atoms with Gasteiger partial charge in [0.15, 0.2) is 0 Å². The van der Waals surface area contributed by atoms with Crippen molar-refractivity contribution in [1.29, 1.82) is 0 Å². The zero-order chi connectivity index (χ0) is 10.7. The molecular formula is C12H20N2S. The lowest BCUT2D eigenvalue weighted by atomic mass is 9.97. The number of likely N-dealkylation sites (tertiary alicyclic amines) is 1. The third-order valence-corrected chi connectivity index (χ3v) is 3.68. The van der Waals surface area contributed by atoms with E-state index >= 15 is 0 Å². The maximum Gasteiger partial charge on any atom is 0.0795 e. The van der Waals surface area contributed by atoms with E-state index in [-0.39, 0.29) is 0 Å². The van der Waals surface area contributed by atoms with E-state index in [1.807, 2.05) is 5.51 Å². The Balaban J connectivity index is 1.78. The van der Waals surface area contributed by atoms with Gasteiger partial charge in [0, 0.05) is 18.5 Å². The summed E-state index contributed by atoms with van der Waals surface area (Å²) in [5, 5.41) is 2.16. The van der Waals surface area contributed by atoms with E-state index in [1.165, 1.54) is 31.6 Å². The van der Waals surface area contributed by atoms with Crippen LogP contribution in [0.1, 0.15) is 32.4 Å². The number of rotatable bonds is 4. The second-order valence-electron chi connectivity index (χ2n) is 5.00. The third kappa shape index (κ3) is 3.28. The minimum atomic E-state index is 0.842. The van der Waals surface area contributed by atoms with Crippen molar-refractivity contribution >= 4 is 11.3 Å². The molecule has 2 nitrogen and oxygen atoms in total. The average molecular weight is 224 g/mol. The molecule has 1 atom stereocenters. The van der Waals surface area contributed by atoms with E-state index < -0.39 is 0 Å². The van der Waals surface area contributed by atoms with Crippen molar-refractivity contribution in [3.8, 4) is 0 Å². The maximum absolute atomic E-state index is 4.34. The molecule has 0 amide bonds. The first kappa shape index (κ1) is 11.1. The zero-order valence-electron chi connectivity index (χ0n) is 9.65. The highest BCUT2D eigenvalue weighted by atomic mass is 32.1. The predicted molar refractivity (Wildman–Crippen MR) is 65.0 cm³/mol. The highest BCUT2D eigenvalue weighted by Gasteiger charge is 2.23. The van der Waals surface area contributed by atoms with E-state index in [0.717, 1.165) is 18.4 Å². The SMILES string of the molecule is CC(C)C[C@@H]1CCN(Cc2cscn2)C1. The smallest absolute Gasteiger partial charge is 0.0795 e. The van der Waals surface area contributed by atoms with Gasteiger partial charge >= 0.3 is 0 Å². The van der Waals surface area contributed by atoms with Crippen molar-refractivity contribution in [3.05, 3.63) is 16.6 Å². The second kappa shape index (κ2) is 5.08. The molecule has 0 radical (unpaired) electrons. The summed E-state index contributed by atoms with van der Waals surface area (Å²) in [7, 11) is 0. The van der Waals surface area contributed by atoms with Crippen molar-refractivity contribution < 1.29 is 0 Å².